The number of aliphatic hydroxyl groups excluding tert-OH is 10. The Kier molecular flexibility index (Phi) is 35.8. The molecule has 64 heavy (non-hydrogen) atoms. The molecule has 27 heteroatoms. The number of carboxylic acid groups (broad SMARTS) is 2. The van der Waals surface area contributed by atoms with Crippen LogP contribution in [0.3, 0.4) is 0 Å². The predicted molar refractivity (Wildman–Crippen MR) is 226 cm³/mol. The first-order valence-electron chi connectivity index (χ1n) is 20.0. The number of amides is 3. The van der Waals surface area contributed by atoms with Crippen molar-refractivity contribution in [2.45, 2.75) is 119 Å². The Labute approximate surface area is 377 Å². The molecule has 0 rings (SSSR count). The average Bonchev–Trinajstić information content (AvgIpc) is 3.28. The number of aldehydes is 1. The molecule has 16 N–H and O–H groups in total. The lowest BCUT2D eigenvalue weighted by atomic mass is 9.92. The van der Waals surface area contributed by atoms with E-state index in [-0.39, 0.29) is 38.5 Å². The second kappa shape index (κ2) is 36.6. The Balaban J connectivity index is 0. The fourth-order valence-corrected chi connectivity index (χ4v) is 7.28. The highest BCUT2D eigenvalue weighted by molar-refractivity contribution is 8.76. The van der Waals surface area contributed by atoms with Gasteiger partial charge in [-0.25, -0.2) is 0 Å². The monoisotopic (exact) mass is 966 g/mol. The van der Waals surface area contributed by atoms with Crippen molar-refractivity contribution in [2.75, 3.05) is 51.5 Å². The van der Waals surface area contributed by atoms with Gasteiger partial charge in [0.2, 0.25) is 17.7 Å². The highest BCUT2D eigenvalue weighted by atomic mass is 33.1. The van der Waals surface area contributed by atoms with Crippen LogP contribution in [0.5, 0.6) is 0 Å². The van der Waals surface area contributed by atoms with Gasteiger partial charge in [0.05, 0.1) is 31.5 Å². The van der Waals surface area contributed by atoms with Gasteiger partial charge in [-0.05, 0) is 32.7 Å². The van der Waals surface area contributed by atoms with Crippen molar-refractivity contribution in [3.8, 4) is 0 Å². The first kappa shape index (κ1) is 62.5. The quantitative estimate of drug-likeness (QED) is 0.0157. The van der Waals surface area contributed by atoms with Gasteiger partial charge in [-0.1, -0.05) is 28.5 Å². The normalized spacial score (nSPS) is 16.8. The molecule has 0 heterocycles. The molecular weight excluding hydrogens is 901 g/mol. The third-order valence-corrected chi connectivity index (χ3v) is 11.7. The van der Waals surface area contributed by atoms with E-state index in [4.69, 9.17) is 20.4 Å². The molecule has 0 spiro atoms. The van der Waals surface area contributed by atoms with Crippen LogP contribution in [-0.4, -0.2) is 222 Å². The molecule has 0 aliphatic rings. The highest BCUT2D eigenvalue weighted by Gasteiger charge is 2.32. The number of carbonyl (C=O) groups excluding carboxylic acids is 6. The van der Waals surface area contributed by atoms with E-state index in [1.54, 1.807) is 14.0 Å². The smallest absolute Gasteiger partial charge is 0.321 e. The summed E-state index contributed by atoms with van der Waals surface area (Å²) in [5, 5.41) is 123. The maximum Gasteiger partial charge on any atom is 0.321 e. The van der Waals surface area contributed by atoms with E-state index >= 15 is 0 Å². The lowest BCUT2D eigenvalue weighted by Crippen LogP contribution is -2.49. The third kappa shape index (κ3) is 27.7. The van der Waals surface area contributed by atoms with E-state index in [0.717, 1.165) is 0 Å². The number of carbonyl (C=O) groups is 8. The van der Waals surface area contributed by atoms with Crippen LogP contribution in [0, 0.1) is 11.8 Å². The number of nitrogens with one attached hydrogen (secondary N) is 4. The van der Waals surface area contributed by atoms with Crippen molar-refractivity contribution in [2.24, 2.45) is 11.8 Å². The maximum absolute atomic E-state index is 13.1. The van der Waals surface area contributed by atoms with E-state index in [1.807, 2.05) is 0 Å². The molecule has 0 bridgehead atoms. The van der Waals surface area contributed by atoms with Crippen LogP contribution in [0.1, 0.15) is 58.3 Å². The van der Waals surface area contributed by atoms with Crippen molar-refractivity contribution < 1.29 is 104 Å². The summed E-state index contributed by atoms with van der Waals surface area (Å²) >= 11 is 0. The molecule has 0 aliphatic carbocycles. The summed E-state index contributed by atoms with van der Waals surface area (Å²) in [5.74, 6) is -5.56. The van der Waals surface area contributed by atoms with Crippen LogP contribution in [-0.2, 0) is 43.1 Å². The average molecular weight is 967 g/mol. The largest absolute Gasteiger partial charge is 0.481 e. The van der Waals surface area contributed by atoms with Crippen LogP contribution in [0.15, 0.2) is 0 Å². The number of aliphatic carboxylic acids is 2. The van der Waals surface area contributed by atoms with Crippen LogP contribution in [0.25, 0.3) is 0 Å². The van der Waals surface area contributed by atoms with Gasteiger partial charge >= 0.3 is 11.9 Å². The van der Waals surface area contributed by atoms with E-state index in [0.29, 0.717) is 30.9 Å². The van der Waals surface area contributed by atoms with Crippen molar-refractivity contribution >= 4 is 69.8 Å². The molecule has 0 aromatic carbocycles. The molecule has 372 valence electrons. The Morgan fingerprint density at radius 2 is 1.17 bits per heavy atom. The van der Waals surface area contributed by atoms with E-state index in [9.17, 15) is 79.2 Å². The van der Waals surface area contributed by atoms with Gasteiger partial charge in [-0.15, -0.1) is 0 Å². The number of ether oxygens (including phenoxy) is 1. The number of aliphatic hydroxyl groups is 10. The van der Waals surface area contributed by atoms with E-state index in [1.165, 1.54) is 21.6 Å². The molecule has 0 saturated heterocycles. The molecular formula is C37H66N4O21S2. The third-order valence-electron chi connectivity index (χ3n) is 9.32. The number of hydrogen-bond donors (Lipinski definition) is 16. The summed E-state index contributed by atoms with van der Waals surface area (Å²) in [6.45, 7) is -0.483. The first-order valence-corrected chi connectivity index (χ1v) is 22.5. The molecule has 3 amide bonds. The van der Waals surface area contributed by atoms with Crippen LogP contribution in [0.2, 0.25) is 0 Å². The van der Waals surface area contributed by atoms with Gasteiger partial charge in [0.25, 0.3) is 6.47 Å². The fraction of sp³-hybridized carbons (Fsp3) is 0.784. The zero-order valence-corrected chi connectivity index (χ0v) is 37.2. The minimum Gasteiger partial charge on any atom is -0.481 e. The SMILES string of the molecule is CC[C@@H](CCC(=O)NC[C@H](O)[C@@H](O)[C@H](O)[C@H](O)CO)C(=O)N[C@@H](CCC(=O)O)C(=O)C[C@H](C=O)CCC(=O)NC[C@H](O)[C@@H](O)[C@H](O)[C@H](O)CO.CN[C@@H](CSSCCOC=O)C(=O)O. The standard InChI is InChI=1S/C30H53N3O17.C7H13NO4S2/c1-2-16(4-7-24(43)32-11-20(39)27(47)29(49)22(41)14-36)30(50)33-17(5-8-25(44)45)18(37)9-15(12-34)3-6-23(42)31-10-19(38)26(46)28(48)21(40)13-35;1-8-6(7(10)11)4-14-13-3-2-12-5-9/h12,15-17,19-22,26-29,35-36,38-41,46-49H,2-11,13-14H2,1H3,(H,31,42)(H,32,43)(H,33,50)(H,44,45);5-6,8H,2-4H2,1H3,(H,10,11)/t15-,16+,17+,19+,20+,21-,22-,26-,27-,28-,29-;6-/m10/s1. The number of hydrogen-bond acceptors (Lipinski definition) is 22. The maximum atomic E-state index is 13.1. The highest BCUT2D eigenvalue weighted by Crippen LogP contribution is 2.21. The second-order valence-corrected chi connectivity index (χ2v) is 16.8. The summed E-state index contributed by atoms with van der Waals surface area (Å²) in [6.07, 6.45) is -16.0. The van der Waals surface area contributed by atoms with E-state index < -0.39 is 147 Å². The lowest BCUT2D eigenvalue weighted by molar-refractivity contribution is -0.139. The van der Waals surface area contributed by atoms with Crippen molar-refractivity contribution in [1.29, 1.82) is 0 Å². The molecule has 0 saturated carbocycles. The van der Waals surface area contributed by atoms with Gasteiger partial charge < -0.3 is 92.1 Å². The molecule has 0 fully saturated rings. The summed E-state index contributed by atoms with van der Waals surface area (Å²) in [6, 6.07) is -1.85. The Bertz CT molecular complexity index is 1390. The van der Waals surface area contributed by atoms with Crippen LogP contribution < -0.4 is 21.3 Å². The number of ketones is 1. The molecule has 0 aromatic heterocycles. The molecule has 0 aliphatic heterocycles. The molecule has 25 nitrogen and oxygen atoms in total. The number of likely N-dealkylation sites (N-methyl/N-ethyl adjacent to an activating group) is 1. The molecule has 12 atom stereocenters. The van der Waals surface area contributed by atoms with Crippen molar-refractivity contribution in [3.05, 3.63) is 0 Å². The Hall–Kier alpha value is -3.58. The minimum absolute atomic E-state index is 0.0444. The first-order chi connectivity index (χ1) is 30.1. The zero-order valence-electron chi connectivity index (χ0n) is 35.5. The van der Waals surface area contributed by atoms with Crippen molar-refractivity contribution in [3.63, 3.8) is 0 Å². The Morgan fingerprint density at radius 1 is 0.672 bits per heavy atom. The summed E-state index contributed by atoms with van der Waals surface area (Å²) in [5.41, 5.74) is 0. The number of carboxylic acids is 2. The summed E-state index contributed by atoms with van der Waals surface area (Å²) in [4.78, 5) is 93.8. The van der Waals surface area contributed by atoms with Crippen LogP contribution in [0.4, 0.5) is 0 Å². The topological polar surface area (TPSA) is 437 Å². The predicted octanol–water partition coefficient (Wildman–Crippen LogP) is -5.99. The van der Waals surface area contributed by atoms with Crippen LogP contribution >= 0.6 is 21.6 Å². The van der Waals surface area contributed by atoms with Gasteiger partial charge in [0.1, 0.15) is 55.6 Å². The lowest BCUT2D eigenvalue weighted by Gasteiger charge is -2.25. The molecule has 0 radical (unpaired) electrons. The molecule has 0 unspecified atom stereocenters. The summed E-state index contributed by atoms with van der Waals surface area (Å²) in [7, 11) is 4.54. The van der Waals surface area contributed by atoms with Crippen molar-refractivity contribution in [1.82, 2.24) is 21.3 Å². The number of Topliss-reactive ketones (excluding diaryl/α,β-unsaturated/α-hetero) is 1. The van der Waals surface area contributed by atoms with Gasteiger partial charge in [0, 0.05) is 62.1 Å². The van der Waals surface area contributed by atoms with E-state index in [2.05, 4.69) is 26.0 Å². The fourth-order valence-electron chi connectivity index (χ4n) is 5.20. The number of rotatable bonds is 37. The second-order valence-electron chi connectivity index (χ2n) is 14.2. The van der Waals surface area contributed by atoms with Gasteiger partial charge in [0.15, 0.2) is 5.78 Å². The van der Waals surface area contributed by atoms with Gasteiger partial charge in [-0.3, -0.25) is 33.6 Å². The zero-order chi connectivity index (χ0) is 49.4. The minimum atomic E-state index is -1.91. The molecule has 0 aromatic rings. The summed E-state index contributed by atoms with van der Waals surface area (Å²) < 4.78 is 4.47. The Morgan fingerprint density at radius 3 is 1.59 bits per heavy atom. The van der Waals surface area contributed by atoms with Gasteiger partial charge in [-0.2, -0.15) is 0 Å².